The summed E-state index contributed by atoms with van der Waals surface area (Å²) in [6.07, 6.45) is 4.64. The lowest BCUT2D eigenvalue weighted by Crippen LogP contribution is -2.45. The van der Waals surface area contributed by atoms with Crippen molar-refractivity contribution in [2.24, 2.45) is 0 Å². The van der Waals surface area contributed by atoms with Gasteiger partial charge in [-0.1, -0.05) is 48.6 Å². The average Bonchev–Trinajstić information content (AvgIpc) is 3.46. The molecule has 1 unspecified atom stereocenters. The Morgan fingerprint density at radius 1 is 1.06 bits per heavy atom. The zero-order chi connectivity index (χ0) is 33.8. The van der Waals surface area contributed by atoms with Crippen molar-refractivity contribution < 1.29 is 24.1 Å². The highest BCUT2D eigenvalue weighted by atomic mass is 16.5. The molecule has 3 heterocycles. The number of benzene rings is 2. The lowest BCUT2D eigenvalue weighted by atomic mass is 9.92. The van der Waals surface area contributed by atoms with Gasteiger partial charge < -0.3 is 24.2 Å². The highest BCUT2D eigenvalue weighted by Gasteiger charge is 2.37. The number of ether oxygens (including phenoxy) is 3. The molecule has 0 amide bonds. The Balaban J connectivity index is 1.61. The van der Waals surface area contributed by atoms with Crippen molar-refractivity contribution in [3.05, 3.63) is 91.2 Å². The third-order valence-electron chi connectivity index (χ3n) is 8.37. The van der Waals surface area contributed by atoms with Crippen molar-refractivity contribution in [2.75, 3.05) is 31.2 Å². The molecule has 1 aliphatic heterocycles. The van der Waals surface area contributed by atoms with Gasteiger partial charge in [0.1, 0.15) is 11.6 Å². The van der Waals surface area contributed by atoms with Crippen LogP contribution in [-0.2, 0) is 14.3 Å². The van der Waals surface area contributed by atoms with Crippen LogP contribution >= 0.6 is 0 Å². The van der Waals surface area contributed by atoms with Gasteiger partial charge in [0.25, 0.3) is 0 Å². The first-order valence-electron chi connectivity index (χ1n) is 16.2. The number of aliphatic carboxylic acids is 1. The van der Waals surface area contributed by atoms with Crippen LogP contribution in [0.5, 0.6) is 5.75 Å². The first-order chi connectivity index (χ1) is 22.4. The van der Waals surface area contributed by atoms with Gasteiger partial charge in [-0.2, -0.15) is 9.61 Å². The first kappa shape index (κ1) is 33.9. The van der Waals surface area contributed by atoms with E-state index in [2.05, 4.69) is 37.1 Å². The number of carbonyl (C=O) groups is 1. The highest BCUT2D eigenvalue weighted by molar-refractivity contribution is 5.80. The third kappa shape index (κ3) is 7.75. The van der Waals surface area contributed by atoms with Crippen LogP contribution in [0.2, 0.25) is 0 Å². The van der Waals surface area contributed by atoms with Gasteiger partial charge in [0.2, 0.25) is 0 Å². The number of fused-ring (bicyclic) bond motifs is 1. The Hall–Kier alpha value is -4.47. The van der Waals surface area contributed by atoms with Crippen molar-refractivity contribution in [1.82, 2.24) is 14.6 Å². The van der Waals surface area contributed by atoms with E-state index in [4.69, 9.17) is 24.3 Å². The van der Waals surface area contributed by atoms with Crippen LogP contribution < -0.4 is 9.64 Å². The van der Waals surface area contributed by atoms with Crippen molar-refractivity contribution in [2.45, 2.75) is 71.2 Å². The first-order valence-corrected chi connectivity index (χ1v) is 16.2. The molecule has 2 aromatic heterocycles. The van der Waals surface area contributed by atoms with Crippen LogP contribution in [0.3, 0.4) is 0 Å². The summed E-state index contributed by atoms with van der Waals surface area (Å²) >= 11 is 0. The molecule has 0 bridgehead atoms. The lowest BCUT2D eigenvalue weighted by molar-refractivity contribution is -0.160. The van der Waals surface area contributed by atoms with Crippen molar-refractivity contribution in [3.63, 3.8) is 0 Å². The summed E-state index contributed by atoms with van der Waals surface area (Å²) in [6, 6.07) is 18.1. The quantitative estimate of drug-likeness (QED) is 0.117. The number of hydrogen-bond acceptors (Lipinski definition) is 7. The summed E-state index contributed by atoms with van der Waals surface area (Å²) in [7, 11) is 0. The maximum atomic E-state index is 12.8. The Morgan fingerprint density at radius 3 is 2.47 bits per heavy atom. The predicted molar refractivity (Wildman–Crippen MR) is 186 cm³/mol. The van der Waals surface area contributed by atoms with Crippen molar-refractivity contribution in [3.8, 4) is 28.1 Å². The number of rotatable bonds is 13. The van der Waals surface area contributed by atoms with Gasteiger partial charge in [-0.3, -0.25) is 0 Å². The number of carboxylic acid groups (broad SMARTS) is 1. The van der Waals surface area contributed by atoms with Crippen molar-refractivity contribution in [1.29, 1.82) is 0 Å². The number of piperidine rings is 1. The molecule has 1 fully saturated rings. The van der Waals surface area contributed by atoms with E-state index in [1.807, 2.05) is 76.2 Å². The minimum Gasteiger partial charge on any atom is -0.493 e. The summed E-state index contributed by atoms with van der Waals surface area (Å²) < 4.78 is 20.2. The van der Waals surface area contributed by atoms with E-state index in [0.717, 1.165) is 47.4 Å². The molecule has 2 aromatic carbocycles. The van der Waals surface area contributed by atoms with Crippen LogP contribution in [0.15, 0.2) is 79.9 Å². The fourth-order valence-electron chi connectivity index (χ4n) is 5.98. The van der Waals surface area contributed by atoms with Crippen LogP contribution in [0.4, 0.5) is 5.82 Å². The van der Waals surface area contributed by atoms with Gasteiger partial charge in [0.05, 0.1) is 35.7 Å². The van der Waals surface area contributed by atoms with Gasteiger partial charge in [0, 0.05) is 36.0 Å². The molecular weight excluding hydrogens is 592 g/mol. The lowest BCUT2D eigenvalue weighted by Gasteiger charge is -2.41. The van der Waals surface area contributed by atoms with Crippen molar-refractivity contribution >= 4 is 17.4 Å². The highest BCUT2D eigenvalue weighted by Crippen LogP contribution is 2.39. The third-order valence-corrected chi connectivity index (χ3v) is 8.37. The zero-order valence-electron chi connectivity index (χ0n) is 28.2. The fraction of sp³-hybridized carbons (Fsp3) is 0.395. The molecule has 5 rings (SSSR count). The van der Waals surface area contributed by atoms with E-state index < -0.39 is 17.7 Å². The molecule has 9 heteroatoms. The largest absolute Gasteiger partial charge is 0.493 e. The predicted octanol–water partition coefficient (Wildman–Crippen LogP) is 7.83. The second-order valence-electron chi connectivity index (χ2n) is 13.2. The average molecular weight is 639 g/mol. The van der Waals surface area contributed by atoms with Gasteiger partial charge in [-0.05, 0) is 71.6 Å². The van der Waals surface area contributed by atoms with Crippen LogP contribution in [0, 0.1) is 6.92 Å². The number of hydrogen-bond donors (Lipinski definition) is 1. The van der Waals surface area contributed by atoms with Crippen LogP contribution in [0.1, 0.15) is 64.3 Å². The molecule has 248 valence electrons. The Bertz CT molecular complexity index is 1750. The number of nitrogens with zero attached hydrogens (tertiary/aromatic N) is 4. The van der Waals surface area contributed by atoms with Gasteiger partial charge in [0.15, 0.2) is 11.8 Å². The standard InChI is InChI=1S/C38H46N4O5/c1-8-10-23-45-31-17-12-11-16-29(31)27-14-13-15-28(24-27)30-25-32-39-26(3)33(34(36(43)44)47-37(4,5)6)35(42(32)40-30)41-20-18-38(7,19-21-41)46-22-9-2/h8-9,11-17,24-25,34H,1-2,10,18-23H2,3-7H3,(H,43,44). The van der Waals surface area contributed by atoms with Crippen LogP contribution in [0.25, 0.3) is 28.0 Å². The van der Waals surface area contributed by atoms with E-state index in [1.54, 1.807) is 10.6 Å². The minimum absolute atomic E-state index is 0.304. The van der Waals surface area contributed by atoms with E-state index in [9.17, 15) is 9.90 Å². The second kappa shape index (κ2) is 14.1. The molecule has 1 saturated heterocycles. The Kier molecular flexibility index (Phi) is 10.2. The SMILES string of the molecule is C=CCCOc1ccccc1-c1cccc(-c2cc3nc(C)c(C(OC(C)(C)C)C(=O)O)c(N4CCC(C)(OCC=C)CC4)n3n2)c1. The topological polar surface area (TPSA) is 98.4 Å². The number of anilines is 1. The van der Waals surface area contributed by atoms with E-state index in [-0.39, 0.29) is 5.60 Å². The molecule has 0 saturated carbocycles. The normalized spacial score (nSPS) is 15.4. The maximum Gasteiger partial charge on any atom is 0.337 e. The zero-order valence-corrected chi connectivity index (χ0v) is 28.2. The fourth-order valence-corrected chi connectivity index (χ4v) is 5.98. The van der Waals surface area contributed by atoms with Gasteiger partial charge >= 0.3 is 5.97 Å². The number of para-hydroxylation sites is 1. The van der Waals surface area contributed by atoms with E-state index in [1.165, 1.54) is 0 Å². The Morgan fingerprint density at radius 2 is 1.79 bits per heavy atom. The Labute approximate surface area is 277 Å². The number of aryl methyl sites for hydroxylation is 1. The molecule has 0 radical (unpaired) electrons. The summed E-state index contributed by atoms with van der Waals surface area (Å²) in [5.41, 5.74) is 4.33. The molecule has 1 atom stereocenters. The van der Waals surface area contributed by atoms with Crippen LogP contribution in [-0.4, -0.2) is 63.2 Å². The molecule has 4 aromatic rings. The smallest absolute Gasteiger partial charge is 0.337 e. The second-order valence-corrected chi connectivity index (χ2v) is 13.2. The van der Waals surface area contributed by atoms with E-state index in [0.29, 0.717) is 49.0 Å². The van der Waals surface area contributed by atoms with E-state index >= 15 is 0 Å². The number of carboxylic acids is 1. The molecule has 1 N–H and O–H groups in total. The minimum atomic E-state index is -1.24. The molecule has 0 aliphatic carbocycles. The molecule has 47 heavy (non-hydrogen) atoms. The van der Waals surface area contributed by atoms with Gasteiger partial charge in [-0.25, -0.2) is 9.78 Å². The number of aromatic nitrogens is 3. The summed E-state index contributed by atoms with van der Waals surface area (Å²) in [6.45, 7) is 19.4. The summed E-state index contributed by atoms with van der Waals surface area (Å²) in [5, 5.41) is 15.5. The monoisotopic (exact) mass is 638 g/mol. The molecule has 0 spiro atoms. The molecular formula is C38H46N4O5. The molecule has 9 nitrogen and oxygen atoms in total. The maximum absolute atomic E-state index is 12.8. The summed E-state index contributed by atoms with van der Waals surface area (Å²) in [5.74, 6) is 0.410. The molecule has 1 aliphatic rings. The van der Waals surface area contributed by atoms with Gasteiger partial charge in [-0.15, -0.1) is 13.2 Å². The summed E-state index contributed by atoms with van der Waals surface area (Å²) in [4.78, 5) is 19.9.